The smallest absolute Gasteiger partial charge is 0.257 e. The van der Waals surface area contributed by atoms with Gasteiger partial charge in [0.1, 0.15) is 16.5 Å². The summed E-state index contributed by atoms with van der Waals surface area (Å²) in [4.78, 5) is 5.70. The number of nitrogens with one attached hydrogen (secondary N) is 2. The van der Waals surface area contributed by atoms with E-state index in [1.54, 1.807) is 13.8 Å². The van der Waals surface area contributed by atoms with E-state index in [4.69, 9.17) is 11.6 Å². The van der Waals surface area contributed by atoms with Gasteiger partial charge in [0.15, 0.2) is 0 Å². The summed E-state index contributed by atoms with van der Waals surface area (Å²) < 4.78 is 63.5. The van der Waals surface area contributed by atoms with Crippen LogP contribution in [0, 0.1) is 5.82 Å². The van der Waals surface area contributed by atoms with Crippen LogP contribution in [-0.2, 0) is 20.0 Å². The fourth-order valence-corrected chi connectivity index (χ4v) is 4.67. The van der Waals surface area contributed by atoms with Gasteiger partial charge in [-0.3, -0.25) is 5.43 Å². The molecule has 0 amide bonds. The second-order valence-electron chi connectivity index (χ2n) is 5.27. The summed E-state index contributed by atoms with van der Waals surface area (Å²) in [6, 6.07) is 5.58. The first-order valence-corrected chi connectivity index (χ1v) is 11.1. The van der Waals surface area contributed by atoms with Crippen molar-refractivity contribution in [2.24, 2.45) is 0 Å². The molecule has 148 valence electrons. The molecule has 0 aliphatic carbocycles. The summed E-state index contributed by atoms with van der Waals surface area (Å²) in [5, 5.41) is -0.332. The average Bonchev–Trinajstić information content (AvgIpc) is 2.63. The lowest BCUT2D eigenvalue weighted by Gasteiger charge is -2.18. The van der Waals surface area contributed by atoms with Crippen molar-refractivity contribution in [2.45, 2.75) is 23.6 Å². The highest BCUT2D eigenvalue weighted by Crippen LogP contribution is 2.20. The lowest BCUT2D eigenvalue weighted by molar-refractivity contribution is 0.445. The maximum absolute atomic E-state index is 13.2. The third kappa shape index (κ3) is 4.93. The molecule has 0 bridgehead atoms. The molecule has 0 aliphatic heterocycles. The van der Waals surface area contributed by atoms with E-state index in [1.165, 1.54) is 16.4 Å². The summed E-state index contributed by atoms with van der Waals surface area (Å²) in [5.41, 5.74) is 2.36. The fourth-order valence-electron chi connectivity index (χ4n) is 2.14. The van der Waals surface area contributed by atoms with Gasteiger partial charge in [-0.2, -0.15) is 4.31 Å². The standard InChI is InChI=1S/C15H18ClFN4O4S2/c1-3-21(4-2)27(24,25)12-6-8-15(18-10-12)19-20-26(22,23)11-5-7-14(17)13(16)9-11/h5-10,20H,3-4H2,1-2H3,(H,18,19). The Morgan fingerprint density at radius 3 is 2.22 bits per heavy atom. The van der Waals surface area contributed by atoms with Gasteiger partial charge in [0.05, 0.1) is 9.92 Å². The van der Waals surface area contributed by atoms with Gasteiger partial charge in [-0.25, -0.2) is 26.2 Å². The van der Waals surface area contributed by atoms with Crippen LogP contribution in [0.1, 0.15) is 13.8 Å². The zero-order valence-electron chi connectivity index (χ0n) is 14.5. The van der Waals surface area contributed by atoms with E-state index in [2.05, 4.69) is 15.2 Å². The molecular weight excluding hydrogens is 419 g/mol. The Morgan fingerprint density at radius 2 is 1.70 bits per heavy atom. The fraction of sp³-hybridized carbons (Fsp3) is 0.267. The number of rotatable bonds is 8. The number of benzene rings is 1. The molecule has 2 N–H and O–H groups in total. The van der Waals surface area contributed by atoms with Crippen LogP contribution < -0.4 is 10.3 Å². The highest BCUT2D eigenvalue weighted by molar-refractivity contribution is 7.89. The minimum absolute atomic E-state index is 0.00933. The first-order valence-electron chi connectivity index (χ1n) is 7.81. The molecule has 27 heavy (non-hydrogen) atoms. The molecule has 0 aliphatic rings. The van der Waals surface area contributed by atoms with Crippen molar-refractivity contribution in [1.82, 2.24) is 14.1 Å². The second-order valence-corrected chi connectivity index (χ2v) is 9.30. The summed E-state index contributed by atoms with van der Waals surface area (Å²) in [6.45, 7) is 4.08. The van der Waals surface area contributed by atoms with E-state index in [1.807, 2.05) is 0 Å². The minimum atomic E-state index is -4.04. The predicted octanol–water partition coefficient (Wildman–Crippen LogP) is 2.21. The van der Waals surface area contributed by atoms with E-state index in [-0.39, 0.29) is 20.6 Å². The van der Waals surface area contributed by atoms with Gasteiger partial charge in [0.25, 0.3) is 10.0 Å². The highest BCUT2D eigenvalue weighted by atomic mass is 35.5. The number of halogens is 2. The molecule has 1 aromatic carbocycles. The van der Waals surface area contributed by atoms with Gasteiger partial charge in [0, 0.05) is 19.3 Å². The Balaban J connectivity index is 2.14. The van der Waals surface area contributed by atoms with Crippen molar-refractivity contribution in [3.05, 3.63) is 47.4 Å². The summed E-state index contributed by atoms with van der Waals surface area (Å²) >= 11 is 5.59. The maximum Gasteiger partial charge on any atom is 0.257 e. The van der Waals surface area contributed by atoms with Crippen LogP contribution in [0.4, 0.5) is 10.2 Å². The molecule has 0 saturated carbocycles. The topological polar surface area (TPSA) is 108 Å². The van der Waals surface area contributed by atoms with Crippen LogP contribution in [0.2, 0.25) is 5.02 Å². The first-order chi connectivity index (χ1) is 12.6. The molecule has 0 fully saturated rings. The van der Waals surface area contributed by atoms with Crippen LogP contribution in [0.3, 0.4) is 0 Å². The Morgan fingerprint density at radius 1 is 1.07 bits per heavy atom. The molecule has 2 rings (SSSR count). The van der Waals surface area contributed by atoms with Gasteiger partial charge >= 0.3 is 0 Å². The molecule has 1 heterocycles. The SMILES string of the molecule is CCN(CC)S(=O)(=O)c1ccc(NNS(=O)(=O)c2ccc(F)c(Cl)c2)nc1. The molecule has 0 unspecified atom stereocenters. The van der Waals surface area contributed by atoms with Crippen molar-refractivity contribution >= 4 is 37.5 Å². The summed E-state index contributed by atoms with van der Waals surface area (Å²) in [7, 11) is -7.70. The molecule has 0 radical (unpaired) electrons. The van der Waals surface area contributed by atoms with E-state index in [0.717, 1.165) is 24.4 Å². The highest BCUT2D eigenvalue weighted by Gasteiger charge is 2.22. The Hall–Kier alpha value is -1.79. The van der Waals surface area contributed by atoms with Crippen LogP contribution in [-0.4, -0.2) is 39.2 Å². The monoisotopic (exact) mass is 436 g/mol. The van der Waals surface area contributed by atoms with Crippen molar-refractivity contribution in [3.63, 3.8) is 0 Å². The molecule has 12 heteroatoms. The van der Waals surface area contributed by atoms with Crippen LogP contribution >= 0.6 is 11.6 Å². The van der Waals surface area contributed by atoms with E-state index in [9.17, 15) is 21.2 Å². The molecule has 2 aromatic rings. The molecule has 8 nitrogen and oxygen atoms in total. The summed E-state index contributed by atoms with van der Waals surface area (Å²) in [6.07, 6.45) is 1.12. The number of pyridine rings is 1. The van der Waals surface area contributed by atoms with Gasteiger partial charge in [-0.05, 0) is 30.3 Å². The number of nitrogens with zero attached hydrogens (tertiary/aromatic N) is 2. The molecule has 1 aromatic heterocycles. The maximum atomic E-state index is 13.2. The van der Waals surface area contributed by atoms with Crippen LogP contribution in [0.15, 0.2) is 46.3 Å². The number of sulfonamides is 2. The molecule has 0 atom stereocenters. The quantitative estimate of drug-likeness (QED) is 0.614. The third-order valence-electron chi connectivity index (χ3n) is 3.59. The molecule has 0 saturated heterocycles. The lowest BCUT2D eigenvalue weighted by Crippen LogP contribution is -2.31. The number of anilines is 1. The summed E-state index contributed by atoms with van der Waals surface area (Å²) in [5.74, 6) is -0.666. The second kappa shape index (κ2) is 8.48. The minimum Gasteiger partial charge on any atom is -0.292 e. The molecule has 0 spiro atoms. The van der Waals surface area contributed by atoms with E-state index >= 15 is 0 Å². The number of hydrogen-bond donors (Lipinski definition) is 2. The van der Waals surface area contributed by atoms with E-state index in [0.29, 0.717) is 13.1 Å². The van der Waals surface area contributed by atoms with Gasteiger partial charge in [-0.1, -0.05) is 25.4 Å². The largest absolute Gasteiger partial charge is 0.292 e. The van der Waals surface area contributed by atoms with Crippen molar-refractivity contribution in [3.8, 4) is 0 Å². The Labute approximate surface area is 162 Å². The number of hydrogen-bond acceptors (Lipinski definition) is 6. The molecular formula is C15H18ClFN4O4S2. The van der Waals surface area contributed by atoms with Crippen molar-refractivity contribution < 1.29 is 21.2 Å². The zero-order chi connectivity index (χ0) is 20.2. The zero-order valence-corrected chi connectivity index (χ0v) is 16.9. The first kappa shape index (κ1) is 21.5. The predicted molar refractivity (Wildman–Crippen MR) is 99.7 cm³/mol. The Bertz CT molecular complexity index is 1010. The third-order valence-corrected chi connectivity index (χ3v) is 7.16. The van der Waals surface area contributed by atoms with Crippen LogP contribution in [0.25, 0.3) is 0 Å². The van der Waals surface area contributed by atoms with Crippen molar-refractivity contribution in [1.29, 1.82) is 0 Å². The lowest BCUT2D eigenvalue weighted by atomic mass is 10.3. The number of aromatic nitrogens is 1. The number of hydrazine groups is 1. The van der Waals surface area contributed by atoms with Gasteiger partial charge in [-0.15, -0.1) is 4.83 Å². The average molecular weight is 437 g/mol. The Kier molecular flexibility index (Phi) is 6.76. The van der Waals surface area contributed by atoms with Gasteiger partial charge < -0.3 is 0 Å². The van der Waals surface area contributed by atoms with Gasteiger partial charge in [0.2, 0.25) is 10.0 Å². The van der Waals surface area contributed by atoms with Crippen molar-refractivity contribution in [2.75, 3.05) is 18.5 Å². The van der Waals surface area contributed by atoms with E-state index < -0.39 is 25.9 Å². The van der Waals surface area contributed by atoms with Crippen LogP contribution in [0.5, 0.6) is 0 Å². The normalized spacial score (nSPS) is 12.3.